The van der Waals surface area contributed by atoms with Gasteiger partial charge in [-0.1, -0.05) is 41.9 Å². The summed E-state index contributed by atoms with van der Waals surface area (Å²) in [6.45, 7) is 14.7. The summed E-state index contributed by atoms with van der Waals surface area (Å²) in [5.41, 5.74) is 1.36. The molecular weight excluding hydrogens is 383 g/mol. The molecule has 2 rings (SSSR count). The van der Waals surface area contributed by atoms with Gasteiger partial charge in [0.15, 0.2) is 0 Å². The van der Waals surface area contributed by atoms with Gasteiger partial charge in [-0.15, -0.1) is 10.2 Å². The minimum atomic E-state index is -0.263. The molecule has 0 aliphatic carbocycles. The van der Waals surface area contributed by atoms with Crippen molar-refractivity contribution in [2.45, 2.75) is 52.2 Å². The van der Waals surface area contributed by atoms with E-state index < -0.39 is 0 Å². The van der Waals surface area contributed by atoms with Crippen LogP contribution in [0, 0.1) is 0 Å². The second-order valence-electron chi connectivity index (χ2n) is 7.89. The number of benzene rings is 1. The molecule has 0 atom stereocenters. The minimum absolute atomic E-state index is 0.165. The average Bonchev–Trinajstić information content (AvgIpc) is 2.55. The zero-order valence-corrected chi connectivity index (χ0v) is 17.9. The Morgan fingerprint density at radius 2 is 1.85 bits per heavy atom. The molecule has 0 aliphatic rings. The Morgan fingerprint density at radius 3 is 2.48 bits per heavy atom. The van der Waals surface area contributed by atoms with Crippen LogP contribution >= 0.6 is 23.2 Å². The fourth-order valence-electron chi connectivity index (χ4n) is 2.39. The van der Waals surface area contributed by atoms with E-state index in [1.165, 1.54) is 0 Å². The smallest absolute Gasteiger partial charge is 0.243 e. The van der Waals surface area contributed by atoms with E-state index in [4.69, 9.17) is 27.9 Å². The highest BCUT2D eigenvalue weighted by Gasteiger charge is 2.22. The van der Waals surface area contributed by atoms with Gasteiger partial charge in [-0.05, 0) is 53.2 Å². The summed E-state index contributed by atoms with van der Waals surface area (Å²) >= 11 is 12.4. The number of ether oxygens (including phenoxy) is 1. The van der Waals surface area contributed by atoms with Crippen LogP contribution in [0.1, 0.15) is 46.7 Å². The van der Waals surface area contributed by atoms with Gasteiger partial charge < -0.3 is 10.1 Å². The van der Waals surface area contributed by atoms with Crippen LogP contribution in [0.4, 0.5) is 5.95 Å². The number of nitrogens with zero attached hydrogens (tertiary/aromatic N) is 3. The molecule has 1 N–H and O–H groups in total. The first-order valence-corrected chi connectivity index (χ1v) is 9.52. The Hall–Kier alpha value is -1.69. The van der Waals surface area contributed by atoms with Crippen molar-refractivity contribution in [3.63, 3.8) is 0 Å². The molecule has 0 fully saturated rings. The summed E-state index contributed by atoms with van der Waals surface area (Å²) in [6, 6.07) is 5.36. The lowest BCUT2D eigenvalue weighted by Gasteiger charge is -2.28. The molecule has 0 saturated heterocycles. The topological polar surface area (TPSA) is 59.9 Å². The molecular formula is C20H26Cl2N4O. The highest BCUT2D eigenvalue weighted by Crippen LogP contribution is 2.34. The second-order valence-corrected chi connectivity index (χ2v) is 8.68. The highest BCUT2D eigenvalue weighted by atomic mass is 35.5. The van der Waals surface area contributed by atoms with Crippen molar-refractivity contribution in [3.05, 3.63) is 40.5 Å². The molecule has 5 nitrogen and oxygen atoms in total. The monoisotopic (exact) mass is 408 g/mol. The second kappa shape index (κ2) is 8.55. The lowest BCUT2D eigenvalue weighted by atomic mass is 10.0. The van der Waals surface area contributed by atoms with Crippen molar-refractivity contribution < 1.29 is 4.74 Å². The van der Waals surface area contributed by atoms with E-state index in [9.17, 15) is 0 Å². The zero-order valence-electron chi connectivity index (χ0n) is 16.4. The lowest BCUT2D eigenvalue weighted by Crippen LogP contribution is -2.34. The summed E-state index contributed by atoms with van der Waals surface area (Å²) in [6.07, 6.45) is 2.42. The van der Waals surface area contributed by atoms with E-state index in [1.54, 1.807) is 12.1 Å². The normalized spacial score (nSPS) is 12.1. The van der Waals surface area contributed by atoms with Crippen molar-refractivity contribution >= 4 is 35.2 Å². The fraction of sp³-hybridized carbons (Fsp3) is 0.450. The molecule has 2 aromatic rings. The highest BCUT2D eigenvalue weighted by molar-refractivity contribution is 6.43. The number of hydrogen-bond acceptors (Lipinski definition) is 5. The van der Waals surface area contributed by atoms with Gasteiger partial charge in [-0.25, -0.2) is 4.98 Å². The SMILES string of the molecule is C=Cc1nc(NC(C)(C)CCOC(C)(C)C)nnc1-c1cccc(Cl)c1Cl. The predicted molar refractivity (Wildman–Crippen MR) is 113 cm³/mol. The van der Waals surface area contributed by atoms with Gasteiger partial charge in [0.1, 0.15) is 5.69 Å². The van der Waals surface area contributed by atoms with Crippen molar-refractivity contribution in [1.82, 2.24) is 15.2 Å². The molecule has 0 radical (unpaired) electrons. The Bertz CT molecular complexity index is 816. The van der Waals surface area contributed by atoms with E-state index in [1.807, 2.05) is 32.9 Å². The summed E-state index contributed by atoms with van der Waals surface area (Å²) in [7, 11) is 0. The number of hydrogen-bond donors (Lipinski definition) is 1. The van der Waals surface area contributed by atoms with E-state index >= 15 is 0 Å². The van der Waals surface area contributed by atoms with E-state index in [0.717, 1.165) is 6.42 Å². The van der Waals surface area contributed by atoms with Crippen LogP contribution < -0.4 is 5.32 Å². The Labute approximate surface area is 171 Å². The van der Waals surface area contributed by atoms with Crippen LogP contribution in [0.3, 0.4) is 0 Å². The summed E-state index contributed by atoms with van der Waals surface area (Å²) in [5.74, 6) is 0.424. The molecule has 0 spiro atoms. The molecule has 1 heterocycles. The first kappa shape index (κ1) is 21.6. The zero-order chi connectivity index (χ0) is 20.2. The fourth-order valence-corrected chi connectivity index (χ4v) is 2.78. The van der Waals surface area contributed by atoms with Crippen molar-refractivity contribution in [2.75, 3.05) is 11.9 Å². The Kier molecular flexibility index (Phi) is 6.84. The van der Waals surface area contributed by atoms with Crippen LogP contribution in [-0.4, -0.2) is 32.9 Å². The maximum absolute atomic E-state index is 6.31. The number of rotatable bonds is 7. The average molecular weight is 409 g/mol. The van der Waals surface area contributed by atoms with Crippen molar-refractivity contribution in [2.24, 2.45) is 0 Å². The molecule has 1 aromatic heterocycles. The largest absolute Gasteiger partial charge is 0.376 e. The van der Waals surface area contributed by atoms with Crippen molar-refractivity contribution in [3.8, 4) is 11.3 Å². The van der Waals surface area contributed by atoms with E-state index in [0.29, 0.717) is 39.6 Å². The van der Waals surface area contributed by atoms with Crippen molar-refractivity contribution in [1.29, 1.82) is 0 Å². The van der Waals surface area contributed by atoms with Crippen LogP contribution in [0.2, 0.25) is 10.0 Å². The van der Waals surface area contributed by atoms with Gasteiger partial charge >= 0.3 is 0 Å². The molecule has 1 aromatic carbocycles. The van der Waals surface area contributed by atoms with Crippen LogP contribution in [0.25, 0.3) is 17.3 Å². The quantitative estimate of drug-likeness (QED) is 0.618. The molecule has 0 amide bonds. The number of aromatic nitrogens is 3. The number of nitrogens with one attached hydrogen (secondary N) is 1. The third kappa shape index (κ3) is 6.16. The molecule has 0 unspecified atom stereocenters. The van der Waals surface area contributed by atoms with Gasteiger partial charge in [0.25, 0.3) is 0 Å². The molecule has 0 saturated carbocycles. The first-order valence-electron chi connectivity index (χ1n) is 8.76. The van der Waals surface area contributed by atoms with Gasteiger partial charge in [0.05, 0.1) is 21.3 Å². The predicted octanol–water partition coefficient (Wildman–Crippen LogP) is 5.88. The first-order chi connectivity index (χ1) is 12.5. The maximum Gasteiger partial charge on any atom is 0.243 e. The number of halogens is 2. The van der Waals surface area contributed by atoms with Gasteiger partial charge in [0.2, 0.25) is 5.95 Å². The molecule has 0 aliphatic heterocycles. The summed E-state index contributed by atoms with van der Waals surface area (Å²) < 4.78 is 5.81. The molecule has 0 bridgehead atoms. The molecule has 27 heavy (non-hydrogen) atoms. The Morgan fingerprint density at radius 1 is 1.15 bits per heavy atom. The van der Waals surface area contributed by atoms with Crippen LogP contribution in [0.5, 0.6) is 0 Å². The van der Waals surface area contributed by atoms with E-state index in [-0.39, 0.29) is 11.1 Å². The van der Waals surface area contributed by atoms with Gasteiger partial charge in [-0.2, -0.15) is 0 Å². The number of anilines is 1. The van der Waals surface area contributed by atoms with Crippen LogP contribution in [0.15, 0.2) is 24.8 Å². The third-order valence-corrected chi connectivity index (χ3v) is 4.64. The lowest BCUT2D eigenvalue weighted by molar-refractivity contribution is -0.00849. The Balaban J connectivity index is 2.20. The minimum Gasteiger partial charge on any atom is -0.376 e. The van der Waals surface area contributed by atoms with E-state index in [2.05, 4.69) is 40.9 Å². The van der Waals surface area contributed by atoms with Gasteiger partial charge in [0, 0.05) is 17.7 Å². The molecule has 146 valence electrons. The summed E-state index contributed by atoms with van der Waals surface area (Å²) in [5, 5.41) is 12.7. The standard InChI is InChI=1S/C20H26Cl2N4O/c1-7-15-17(13-9-8-10-14(21)16(13)22)25-26-18(23-15)24-20(5,6)11-12-27-19(2,3)4/h7-10H,1,11-12H2,2-6H3,(H,23,24,26). The van der Waals surface area contributed by atoms with Crippen LogP contribution in [-0.2, 0) is 4.74 Å². The maximum atomic E-state index is 6.31. The molecule has 7 heteroatoms. The van der Waals surface area contributed by atoms with Gasteiger partial charge in [-0.3, -0.25) is 0 Å². The summed E-state index contributed by atoms with van der Waals surface area (Å²) in [4.78, 5) is 4.54. The third-order valence-electron chi connectivity index (χ3n) is 3.83.